The Hall–Kier alpha value is -2.49. The third-order valence-corrected chi connectivity index (χ3v) is 8.04. The molecule has 160 valence electrons. The molecule has 1 fully saturated rings. The molecule has 4 rings (SSSR count). The summed E-state index contributed by atoms with van der Waals surface area (Å²) in [5.41, 5.74) is 4.36. The van der Waals surface area contributed by atoms with Crippen molar-refractivity contribution in [3.8, 4) is 5.69 Å². The van der Waals surface area contributed by atoms with Gasteiger partial charge >= 0.3 is 0 Å². The lowest BCUT2D eigenvalue weighted by Gasteiger charge is -2.33. The van der Waals surface area contributed by atoms with Crippen LogP contribution in [0.2, 0.25) is 0 Å². The van der Waals surface area contributed by atoms with Crippen LogP contribution in [0.5, 0.6) is 0 Å². The molecular weight excluding hydrogens is 400 g/mol. The van der Waals surface area contributed by atoms with Gasteiger partial charge < -0.3 is 0 Å². The molecule has 1 saturated heterocycles. The van der Waals surface area contributed by atoms with Crippen molar-refractivity contribution >= 4 is 10.0 Å². The zero-order chi connectivity index (χ0) is 21.5. The molecule has 2 aromatic heterocycles. The van der Waals surface area contributed by atoms with E-state index in [1.54, 1.807) is 15.9 Å². The summed E-state index contributed by atoms with van der Waals surface area (Å²) >= 11 is 0. The Bertz CT molecular complexity index is 1140. The molecule has 0 unspecified atom stereocenters. The van der Waals surface area contributed by atoms with E-state index < -0.39 is 10.0 Å². The van der Waals surface area contributed by atoms with E-state index >= 15 is 0 Å². The minimum absolute atomic E-state index is 0.322. The second-order valence-electron chi connectivity index (χ2n) is 7.81. The van der Waals surface area contributed by atoms with Crippen LogP contribution in [-0.2, 0) is 23.6 Å². The highest BCUT2D eigenvalue weighted by Gasteiger charge is 2.33. The number of sulfonamides is 1. The van der Waals surface area contributed by atoms with Crippen molar-refractivity contribution in [1.82, 2.24) is 28.8 Å². The summed E-state index contributed by atoms with van der Waals surface area (Å²) in [7, 11) is -1.67. The molecule has 0 amide bonds. The molecule has 30 heavy (non-hydrogen) atoms. The molecule has 1 aliphatic heterocycles. The standard InChI is InChI=1S/C21H28N6O2S/c1-16-21(18(3)27(23-16)20-8-6-5-7-9-20)30(28,29)26-12-10-25(11-13-26)15-19-14-22-24(4)17(19)2/h5-9,14H,10-13,15H2,1-4H3. The van der Waals surface area contributed by atoms with Gasteiger partial charge in [0.15, 0.2) is 0 Å². The molecule has 0 aliphatic carbocycles. The lowest BCUT2D eigenvalue weighted by Crippen LogP contribution is -2.48. The smallest absolute Gasteiger partial charge is 0.246 e. The summed E-state index contributed by atoms with van der Waals surface area (Å²) in [5.74, 6) is 0. The second-order valence-corrected chi connectivity index (χ2v) is 9.68. The van der Waals surface area contributed by atoms with Crippen molar-refractivity contribution in [2.45, 2.75) is 32.2 Å². The first-order chi connectivity index (χ1) is 14.3. The van der Waals surface area contributed by atoms with Gasteiger partial charge in [0.05, 0.1) is 23.3 Å². The fraction of sp³-hybridized carbons (Fsp3) is 0.429. The van der Waals surface area contributed by atoms with Gasteiger partial charge in [0.25, 0.3) is 0 Å². The predicted octanol–water partition coefficient (Wildman–Crippen LogP) is 2.04. The monoisotopic (exact) mass is 428 g/mol. The highest BCUT2D eigenvalue weighted by molar-refractivity contribution is 7.89. The number of para-hydroxylation sites is 1. The Morgan fingerprint density at radius 1 is 0.967 bits per heavy atom. The van der Waals surface area contributed by atoms with Crippen LogP contribution in [0.3, 0.4) is 0 Å². The summed E-state index contributed by atoms with van der Waals surface area (Å²) in [5, 5.41) is 8.81. The third-order valence-electron chi connectivity index (χ3n) is 5.89. The molecule has 0 radical (unpaired) electrons. The van der Waals surface area contributed by atoms with Gasteiger partial charge in [0.2, 0.25) is 10.0 Å². The van der Waals surface area contributed by atoms with Gasteiger partial charge in [-0.2, -0.15) is 14.5 Å². The molecular formula is C21H28N6O2S. The van der Waals surface area contributed by atoms with E-state index in [1.807, 2.05) is 55.2 Å². The second kappa shape index (κ2) is 7.98. The van der Waals surface area contributed by atoms with Crippen LogP contribution in [0.4, 0.5) is 0 Å². The minimum atomic E-state index is -3.60. The molecule has 3 aromatic rings. The number of hydrogen-bond donors (Lipinski definition) is 0. The highest BCUT2D eigenvalue weighted by atomic mass is 32.2. The Morgan fingerprint density at radius 2 is 1.63 bits per heavy atom. The Morgan fingerprint density at radius 3 is 2.23 bits per heavy atom. The van der Waals surface area contributed by atoms with Gasteiger partial charge in [-0.05, 0) is 32.9 Å². The van der Waals surface area contributed by atoms with Crippen molar-refractivity contribution in [2.24, 2.45) is 7.05 Å². The predicted molar refractivity (Wildman–Crippen MR) is 115 cm³/mol. The fourth-order valence-corrected chi connectivity index (χ4v) is 5.80. The summed E-state index contributed by atoms with van der Waals surface area (Å²) in [4.78, 5) is 2.60. The molecule has 0 bridgehead atoms. The number of aryl methyl sites for hydroxylation is 2. The average molecular weight is 429 g/mol. The van der Waals surface area contributed by atoms with E-state index in [-0.39, 0.29) is 0 Å². The van der Waals surface area contributed by atoms with E-state index in [2.05, 4.69) is 22.0 Å². The Balaban J connectivity index is 1.51. The SMILES string of the molecule is Cc1nn(-c2ccccc2)c(C)c1S(=O)(=O)N1CCN(Cc2cnn(C)c2C)CC1. The molecule has 0 N–H and O–H groups in total. The summed E-state index contributed by atoms with van der Waals surface area (Å²) < 4.78 is 32.0. The zero-order valence-electron chi connectivity index (χ0n) is 17.9. The fourth-order valence-electron chi connectivity index (χ4n) is 4.02. The highest BCUT2D eigenvalue weighted by Crippen LogP contribution is 2.26. The van der Waals surface area contributed by atoms with E-state index in [0.717, 1.165) is 17.9 Å². The molecule has 1 aromatic carbocycles. The van der Waals surface area contributed by atoms with E-state index in [9.17, 15) is 8.42 Å². The molecule has 3 heterocycles. The Kier molecular flexibility index (Phi) is 5.52. The lowest BCUT2D eigenvalue weighted by molar-refractivity contribution is 0.181. The largest absolute Gasteiger partial charge is 0.296 e. The first-order valence-corrected chi connectivity index (χ1v) is 11.5. The van der Waals surface area contributed by atoms with E-state index in [1.165, 1.54) is 5.56 Å². The number of rotatable bonds is 5. The van der Waals surface area contributed by atoms with Crippen LogP contribution < -0.4 is 0 Å². The van der Waals surface area contributed by atoms with Crippen LogP contribution >= 0.6 is 0 Å². The van der Waals surface area contributed by atoms with Gasteiger partial charge in [-0.25, -0.2) is 13.1 Å². The van der Waals surface area contributed by atoms with Crippen LogP contribution in [0.25, 0.3) is 5.69 Å². The normalized spacial score (nSPS) is 16.3. The number of benzene rings is 1. The minimum Gasteiger partial charge on any atom is -0.296 e. The lowest BCUT2D eigenvalue weighted by atomic mass is 10.2. The third kappa shape index (κ3) is 3.68. The van der Waals surface area contributed by atoms with Gasteiger partial charge in [-0.1, -0.05) is 18.2 Å². The molecule has 9 heteroatoms. The van der Waals surface area contributed by atoms with E-state index in [4.69, 9.17) is 0 Å². The van der Waals surface area contributed by atoms with E-state index in [0.29, 0.717) is 42.5 Å². The first kappa shape index (κ1) is 20.8. The number of hydrogen-bond acceptors (Lipinski definition) is 5. The van der Waals surface area contributed by atoms with Crippen molar-refractivity contribution in [3.63, 3.8) is 0 Å². The van der Waals surface area contributed by atoms with Gasteiger partial charge in [0.1, 0.15) is 4.90 Å². The summed E-state index contributed by atoms with van der Waals surface area (Å²) in [6, 6.07) is 9.62. The van der Waals surface area contributed by atoms with Crippen molar-refractivity contribution in [1.29, 1.82) is 0 Å². The van der Waals surface area contributed by atoms with Crippen molar-refractivity contribution in [3.05, 3.63) is 59.2 Å². The maximum atomic E-state index is 13.4. The van der Waals surface area contributed by atoms with Gasteiger partial charge in [-0.15, -0.1) is 0 Å². The van der Waals surface area contributed by atoms with Gasteiger partial charge in [-0.3, -0.25) is 9.58 Å². The number of aromatic nitrogens is 4. The summed E-state index contributed by atoms with van der Waals surface area (Å²) in [6.07, 6.45) is 1.89. The molecule has 8 nitrogen and oxygen atoms in total. The Labute approximate surface area is 177 Å². The van der Waals surface area contributed by atoms with Crippen LogP contribution in [0.1, 0.15) is 22.6 Å². The van der Waals surface area contributed by atoms with Crippen LogP contribution in [-0.4, -0.2) is 63.4 Å². The zero-order valence-corrected chi connectivity index (χ0v) is 18.7. The van der Waals surface area contributed by atoms with Crippen molar-refractivity contribution < 1.29 is 8.42 Å². The first-order valence-electron chi connectivity index (χ1n) is 10.1. The maximum absolute atomic E-state index is 13.4. The number of piperazine rings is 1. The molecule has 0 saturated carbocycles. The van der Waals surface area contributed by atoms with Crippen LogP contribution in [0, 0.1) is 20.8 Å². The topological polar surface area (TPSA) is 76.3 Å². The quantitative estimate of drug-likeness (QED) is 0.622. The number of nitrogens with zero attached hydrogens (tertiary/aromatic N) is 6. The molecule has 0 atom stereocenters. The average Bonchev–Trinajstić information content (AvgIpc) is 3.22. The van der Waals surface area contributed by atoms with Crippen LogP contribution in [0.15, 0.2) is 41.4 Å². The molecule has 0 spiro atoms. The van der Waals surface area contributed by atoms with Gasteiger partial charge in [0, 0.05) is 51.0 Å². The summed E-state index contributed by atoms with van der Waals surface area (Å²) in [6.45, 7) is 8.75. The molecule has 1 aliphatic rings. The maximum Gasteiger partial charge on any atom is 0.246 e. The van der Waals surface area contributed by atoms with Crippen molar-refractivity contribution in [2.75, 3.05) is 26.2 Å².